The van der Waals surface area contributed by atoms with Gasteiger partial charge in [0.05, 0.1) is 11.5 Å². The minimum atomic E-state index is -0.729. The third-order valence-electron chi connectivity index (χ3n) is 4.38. The van der Waals surface area contributed by atoms with Crippen molar-refractivity contribution in [1.82, 2.24) is 5.32 Å². The Hall–Kier alpha value is -1.39. The van der Waals surface area contributed by atoms with Crippen LogP contribution in [0.1, 0.15) is 37.7 Å². The molecule has 1 aliphatic rings. The Morgan fingerprint density at radius 1 is 1.24 bits per heavy atom. The molecule has 0 aliphatic heterocycles. The highest BCUT2D eigenvalue weighted by molar-refractivity contribution is 5.70. The Morgan fingerprint density at radius 2 is 1.90 bits per heavy atom. The third kappa shape index (κ3) is 5.14. The predicted octanol–water partition coefficient (Wildman–Crippen LogP) is 2.21. The molecule has 0 radical (unpaired) electrons. The highest BCUT2D eigenvalue weighted by Gasteiger charge is 2.35. The molecule has 4 nitrogen and oxygen atoms in total. The highest BCUT2D eigenvalue weighted by Crippen LogP contribution is 2.31. The number of hydrogen-bond acceptors (Lipinski definition) is 3. The fraction of sp³-hybridized carbons (Fsp3) is 0.588. The maximum absolute atomic E-state index is 10.9. The smallest absolute Gasteiger partial charge is 0.306 e. The van der Waals surface area contributed by atoms with Gasteiger partial charge in [-0.1, -0.05) is 30.3 Å². The van der Waals surface area contributed by atoms with Crippen molar-refractivity contribution in [2.24, 2.45) is 5.92 Å². The molecule has 0 atom stereocenters. The fourth-order valence-electron chi connectivity index (χ4n) is 2.96. The zero-order chi connectivity index (χ0) is 15.1. The largest absolute Gasteiger partial charge is 0.481 e. The van der Waals surface area contributed by atoms with Gasteiger partial charge in [0, 0.05) is 6.54 Å². The molecule has 0 heterocycles. The van der Waals surface area contributed by atoms with Crippen LogP contribution in [0.3, 0.4) is 0 Å². The monoisotopic (exact) mass is 291 g/mol. The molecule has 2 rings (SSSR count). The minimum Gasteiger partial charge on any atom is -0.481 e. The minimum absolute atomic E-state index is 0.275. The maximum Gasteiger partial charge on any atom is 0.306 e. The number of aliphatic hydroxyl groups is 1. The number of carboxylic acid groups (broad SMARTS) is 1. The van der Waals surface area contributed by atoms with Gasteiger partial charge < -0.3 is 15.5 Å². The number of carboxylic acids is 1. The molecule has 1 saturated carbocycles. The van der Waals surface area contributed by atoms with Gasteiger partial charge in [0.1, 0.15) is 0 Å². The van der Waals surface area contributed by atoms with Crippen LogP contribution in [0, 0.1) is 5.92 Å². The molecule has 21 heavy (non-hydrogen) atoms. The molecule has 0 saturated heterocycles. The molecule has 1 aliphatic carbocycles. The van der Waals surface area contributed by atoms with Crippen LogP contribution in [0.5, 0.6) is 0 Å². The van der Waals surface area contributed by atoms with E-state index >= 15 is 0 Å². The second kappa shape index (κ2) is 7.57. The lowest BCUT2D eigenvalue weighted by molar-refractivity contribution is -0.144. The Labute approximate surface area is 126 Å². The molecule has 1 aromatic carbocycles. The highest BCUT2D eigenvalue weighted by atomic mass is 16.4. The second-order valence-corrected chi connectivity index (χ2v) is 6.10. The fourth-order valence-corrected chi connectivity index (χ4v) is 2.96. The van der Waals surface area contributed by atoms with E-state index in [1.54, 1.807) is 0 Å². The molecule has 0 unspecified atom stereocenters. The molecule has 0 amide bonds. The Morgan fingerprint density at radius 3 is 2.52 bits per heavy atom. The van der Waals surface area contributed by atoms with Gasteiger partial charge in [-0.25, -0.2) is 0 Å². The van der Waals surface area contributed by atoms with E-state index in [0.29, 0.717) is 32.2 Å². The number of carbonyl (C=O) groups is 1. The normalized spacial score (nSPS) is 25.7. The molecular weight excluding hydrogens is 266 g/mol. The number of nitrogens with one attached hydrogen (secondary N) is 1. The first-order chi connectivity index (χ1) is 10.1. The van der Waals surface area contributed by atoms with Crippen molar-refractivity contribution in [3.05, 3.63) is 35.9 Å². The summed E-state index contributed by atoms with van der Waals surface area (Å²) in [7, 11) is 0. The summed E-state index contributed by atoms with van der Waals surface area (Å²) >= 11 is 0. The van der Waals surface area contributed by atoms with Crippen LogP contribution in [-0.4, -0.2) is 34.9 Å². The Kier molecular flexibility index (Phi) is 5.76. The van der Waals surface area contributed by atoms with Crippen LogP contribution in [0.25, 0.3) is 0 Å². The van der Waals surface area contributed by atoms with Gasteiger partial charge in [0.15, 0.2) is 0 Å². The van der Waals surface area contributed by atoms with Crippen molar-refractivity contribution in [3.63, 3.8) is 0 Å². The summed E-state index contributed by atoms with van der Waals surface area (Å²) in [6.45, 7) is 1.44. The summed E-state index contributed by atoms with van der Waals surface area (Å²) in [5.41, 5.74) is 0.610. The lowest BCUT2D eigenvalue weighted by Crippen LogP contribution is -2.44. The van der Waals surface area contributed by atoms with Crippen LogP contribution < -0.4 is 5.32 Å². The van der Waals surface area contributed by atoms with Crippen LogP contribution in [-0.2, 0) is 11.2 Å². The van der Waals surface area contributed by atoms with E-state index in [0.717, 1.165) is 19.4 Å². The maximum atomic E-state index is 10.9. The van der Waals surface area contributed by atoms with Gasteiger partial charge in [-0.3, -0.25) is 4.79 Å². The van der Waals surface area contributed by atoms with Crippen LogP contribution in [0.2, 0.25) is 0 Å². The number of benzene rings is 1. The Balaban J connectivity index is 1.61. The van der Waals surface area contributed by atoms with Crippen LogP contribution in [0.4, 0.5) is 0 Å². The summed E-state index contributed by atoms with van der Waals surface area (Å²) < 4.78 is 0. The summed E-state index contributed by atoms with van der Waals surface area (Å²) in [5.74, 6) is -1.00. The lowest BCUT2D eigenvalue weighted by Gasteiger charge is -2.34. The van der Waals surface area contributed by atoms with E-state index < -0.39 is 11.6 Å². The van der Waals surface area contributed by atoms with Gasteiger partial charge in [-0.2, -0.15) is 0 Å². The first-order valence-electron chi connectivity index (χ1n) is 7.79. The molecular formula is C17H25NO3. The molecule has 1 aromatic rings. The SMILES string of the molecule is O=C(O)C1CCC(O)(CNCCCc2ccccc2)CC1. The number of hydrogen-bond donors (Lipinski definition) is 3. The van der Waals surface area contributed by atoms with Gasteiger partial charge in [0.2, 0.25) is 0 Å². The van der Waals surface area contributed by atoms with E-state index in [1.165, 1.54) is 5.56 Å². The van der Waals surface area contributed by atoms with Gasteiger partial charge >= 0.3 is 5.97 Å². The van der Waals surface area contributed by atoms with E-state index in [4.69, 9.17) is 5.11 Å². The summed E-state index contributed by atoms with van der Waals surface area (Å²) in [5, 5.41) is 22.7. The van der Waals surface area contributed by atoms with E-state index in [2.05, 4.69) is 17.4 Å². The van der Waals surface area contributed by atoms with Crippen molar-refractivity contribution in [1.29, 1.82) is 0 Å². The quantitative estimate of drug-likeness (QED) is 0.674. The third-order valence-corrected chi connectivity index (χ3v) is 4.38. The predicted molar refractivity (Wildman–Crippen MR) is 82.2 cm³/mol. The van der Waals surface area contributed by atoms with Crippen molar-refractivity contribution < 1.29 is 15.0 Å². The molecule has 0 aromatic heterocycles. The van der Waals surface area contributed by atoms with Crippen LogP contribution >= 0.6 is 0 Å². The molecule has 1 fully saturated rings. The summed E-state index contributed by atoms with van der Waals surface area (Å²) in [6, 6.07) is 10.4. The standard InChI is InChI=1S/C17H25NO3/c19-16(20)15-8-10-17(21,11-9-15)13-18-12-4-7-14-5-2-1-3-6-14/h1-3,5-6,15,18,21H,4,7-13H2,(H,19,20). The summed E-state index contributed by atoms with van der Waals surface area (Å²) in [4.78, 5) is 10.9. The summed E-state index contributed by atoms with van der Waals surface area (Å²) in [6.07, 6.45) is 4.39. The van der Waals surface area contributed by atoms with Crippen LogP contribution in [0.15, 0.2) is 30.3 Å². The van der Waals surface area contributed by atoms with Crippen molar-refractivity contribution in [3.8, 4) is 0 Å². The molecule has 4 heteroatoms. The zero-order valence-corrected chi connectivity index (χ0v) is 12.4. The first-order valence-corrected chi connectivity index (χ1v) is 7.79. The number of rotatable bonds is 7. The molecule has 3 N–H and O–H groups in total. The van der Waals surface area contributed by atoms with Crippen molar-refractivity contribution in [2.75, 3.05) is 13.1 Å². The number of aliphatic carboxylic acids is 1. The average Bonchev–Trinajstić information content (AvgIpc) is 2.48. The molecule has 0 bridgehead atoms. The second-order valence-electron chi connectivity index (χ2n) is 6.10. The van der Waals surface area contributed by atoms with E-state index in [9.17, 15) is 9.90 Å². The van der Waals surface area contributed by atoms with Gasteiger partial charge in [0.25, 0.3) is 0 Å². The molecule has 116 valence electrons. The zero-order valence-electron chi connectivity index (χ0n) is 12.4. The molecule has 0 spiro atoms. The van der Waals surface area contributed by atoms with Crippen molar-refractivity contribution in [2.45, 2.75) is 44.1 Å². The first kappa shape index (κ1) is 16.0. The topological polar surface area (TPSA) is 69.6 Å². The van der Waals surface area contributed by atoms with E-state index in [-0.39, 0.29) is 5.92 Å². The van der Waals surface area contributed by atoms with Crippen molar-refractivity contribution >= 4 is 5.97 Å². The van der Waals surface area contributed by atoms with E-state index in [1.807, 2.05) is 18.2 Å². The average molecular weight is 291 g/mol. The number of aryl methyl sites for hydroxylation is 1. The van der Waals surface area contributed by atoms with Gasteiger partial charge in [-0.05, 0) is 50.6 Å². The van der Waals surface area contributed by atoms with Gasteiger partial charge in [-0.15, -0.1) is 0 Å². The Bertz CT molecular complexity index is 439. The lowest BCUT2D eigenvalue weighted by atomic mass is 9.79.